The van der Waals surface area contributed by atoms with Gasteiger partial charge in [0.2, 0.25) is 0 Å². The SMILES string of the molecule is O=S(=O)([O-])C(F)(F)C(F)(F)C(F)(F)C(F)(F)C(F)(F)C(F)C(F)(F)F.[Na+]. The maximum atomic E-state index is 12.9. The first-order chi connectivity index (χ1) is 10.4. The molecule has 0 amide bonds. The molecule has 19 heteroatoms. The van der Waals surface area contributed by atoms with Gasteiger partial charge in [0.15, 0.2) is 10.1 Å². The third-order valence-corrected chi connectivity index (χ3v) is 3.38. The Kier molecular flexibility index (Phi) is 7.65. The van der Waals surface area contributed by atoms with Crippen molar-refractivity contribution in [2.75, 3.05) is 0 Å². The van der Waals surface area contributed by atoms with Gasteiger partial charge in [-0.05, 0) is 0 Å². The molecule has 0 spiro atoms. The van der Waals surface area contributed by atoms with Gasteiger partial charge in [-0.15, -0.1) is 0 Å². The zero-order chi connectivity index (χ0) is 21.1. The largest absolute Gasteiger partial charge is 1.00 e. The normalized spacial score (nSPS) is 16.9. The fraction of sp³-hybridized carbons (Fsp3) is 1.00. The van der Waals surface area contributed by atoms with Crippen molar-refractivity contribution in [3.05, 3.63) is 0 Å². The molecular formula is C7HF14NaO3S. The molecule has 0 rings (SSSR count). The molecule has 0 N–H and O–H groups in total. The van der Waals surface area contributed by atoms with E-state index in [2.05, 4.69) is 0 Å². The zero-order valence-electron chi connectivity index (χ0n) is 11.5. The van der Waals surface area contributed by atoms with Gasteiger partial charge in [-0.3, -0.25) is 0 Å². The minimum Gasteiger partial charge on any atom is -0.743 e. The average Bonchev–Trinajstić information content (AvgIpc) is 2.34. The summed E-state index contributed by atoms with van der Waals surface area (Å²) in [5, 5.41) is -7.67. The summed E-state index contributed by atoms with van der Waals surface area (Å²) in [6, 6.07) is 0. The van der Waals surface area contributed by atoms with Crippen molar-refractivity contribution in [1.29, 1.82) is 0 Å². The molecule has 0 aliphatic carbocycles. The molecule has 0 aromatic rings. The van der Waals surface area contributed by atoms with Gasteiger partial charge in [0.05, 0.1) is 0 Å². The van der Waals surface area contributed by atoms with Gasteiger partial charge in [-0.25, -0.2) is 12.8 Å². The first kappa shape index (κ1) is 28.1. The van der Waals surface area contributed by atoms with E-state index in [1.54, 1.807) is 0 Å². The molecule has 0 aliphatic rings. The maximum absolute atomic E-state index is 12.9. The average molecular weight is 454 g/mol. The Morgan fingerprint density at radius 2 is 0.962 bits per heavy atom. The summed E-state index contributed by atoms with van der Waals surface area (Å²) in [5.41, 5.74) is 0. The van der Waals surface area contributed by atoms with Crippen LogP contribution in [0.2, 0.25) is 0 Å². The Balaban J connectivity index is 0. The fourth-order valence-corrected chi connectivity index (χ4v) is 1.55. The number of hydrogen-bond donors (Lipinski definition) is 0. The second-order valence-corrected chi connectivity index (χ2v) is 5.64. The van der Waals surface area contributed by atoms with Gasteiger partial charge in [-0.1, -0.05) is 0 Å². The first-order valence-electron chi connectivity index (χ1n) is 4.96. The number of rotatable bonds is 6. The van der Waals surface area contributed by atoms with Crippen LogP contribution < -0.4 is 29.6 Å². The molecule has 0 saturated heterocycles. The van der Waals surface area contributed by atoms with Gasteiger partial charge in [0.1, 0.15) is 0 Å². The van der Waals surface area contributed by atoms with E-state index >= 15 is 0 Å². The van der Waals surface area contributed by atoms with Crippen molar-refractivity contribution in [1.82, 2.24) is 0 Å². The minimum atomic E-state index is -8.32. The summed E-state index contributed by atoms with van der Waals surface area (Å²) in [7, 11) is -7.91. The van der Waals surface area contributed by atoms with E-state index in [4.69, 9.17) is 0 Å². The minimum absolute atomic E-state index is 0. The van der Waals surface area contributed by atoms with Crippen LogP contribution in [0.4, 0.5) is 61.5 Å². The maximum Gasteiger partial charge on any atom is 1.00 e. The molecule has 26 heavy (non-hydrogen) atoms. The molecule has 0 saturated carbocycles. The van der Waals surface area contributed by atoms with Gasteiger partial charge < -0.3 is 4.55 Å². The van der Waals surface area contributed by atoms with Crippen LogP contribution in [0.15, 0.2) is 0 Å². The van der Waals surface area contributed by atoms with Crippen LogP contribution in [-0.2, 0) is 10.1 Å². The molecular weight excluding hydrogens is 453 g/mol. The van der Waals surface area contributed by atoms with Crippen molar-refractivity contribution in [2.45, 2.75) is 41.3 Å². The summed E-state index contributed by atoms with van der Waals surface area (Å²) in [5.74, 6) is -32.5. The summed E-state index contributed by atoms with van der Waals surface area (Å²) >= 11 is 0. The Hall–Kier alpha value is -0.0700. The molecule has 0 heterocycles. The van der Waals surface area contributed by atoms with Gasteiger partial charge >= 0.3 is 64.7 Å². The number of hydrogen-bond acceptors (Lipinski definition) is 3. The Labute approximate surface area is 155 Å². The Bertz CT molecular complexity index is 611. The first-order valence-corrected chi connectivity index (χ1v) is 6.36. The number of alkyl halides is 14. The number of halogens is 14. The summed E-state index contributed by atoms with van der Waals surface area (Å²) in [6.07, 6.45) is -13.3. The topological polar surface area (TPSA) is 57.2 Å². The van der Waals surface area contributed by atoms with Crippen molar-refractivity contribution in [2.24, 2.45) is 0 Å². The van der Waals surface area contributed by atoms with Crippen LogP contribution in [0.5, 0.6) is 0 Å². The third kappa shape index (κ3) is 3.88. The second kappa shape index (κ2) is 7.07. The van der Waals surface area contributed by atoms with Gasteiger partial charge in [0, 0.05) is 0 Å². The second-order valence-electron chi connectivity index (χ2n) is 4.22. The molecule has 1 unspecified atom stereocenters. The van der Waals surface area contributed by atoms with Crippen molar-refractivity contribution in [3.8, 4) is 0 Å². The predicted octanol–water partition coefficient (Wildman–Crippen LogP) is 0.570. The predicted molar refractivity (Wildman–Crippen MR) is 45.4 cm³/mol. The van der Waals surface area contributed by atoms with Crippen LogP contribution in [0, 0.1) is 0 Å². The van der Waals surface area contributed by atoms with Crippen LogP contribution in [0.25, 0.3) is 0 Å². The van der Waals surface area contributed by atoms with E-state index < -0.39 is 51.4 Å². The zero-order valence-corrected chi connectivity index (χ0v) is 14.3. The third-order valence-electron chi connectivity index (χ3n) is 2.49. The van der Waals surface area contributed by atoms with E-state index in [0.29, 0.717) is 0 Å². The van der Waals surface area contributed by atoms with Crippen LogP contribution >= 0.6 is 0 Å². The molecule has 1 atom stereocenters. The monoisotopic (exact) mass is 454 g/mol. The Morgan fingerprint density at radius 1 is 0.654 bits per heavy atom. The molecule has 0 aliphatic heterocycles. The Morgan fingerprint density at radius 3 is 1.19 bits per heavy atom. The molecule has 3 nitrogen and oxygen atoms in total. The van der Waals surface area contributed by atoms with Crippen molar-refractivity contribution >= 4 is 10.1 Å². The summed E-state index contributed by atoms with van der Waals surface area (Å²) < 4.78 is 204. The van der Waals surface area contributed by atoms with Gasteiger partial charge in [0.25, 0.3) is 6.17 Å². The van der Waals surface area contributed by atoms with Crippen molar-refractivity contribution < 1.29 is 104 Å². The van der Waals surface area contributed by atoms with E-state index in [1.807, 2.05) is 0 Å². The van der Waals surface area contributed by atoms with Crippen LogP contribution in [-0.4, -0.2) is 54.3 Å². The van der Waals surface area contributed by atoms with Gasteiger partial charge in [-0.2, -0.15) is 57.1 Å². The standard InChI is InChI=1S/C7H2F14O3S.Na/c8-1(3(11,12)13)2(9,10)4(14,15)5(16,17)6(18,19)7(20,21)25(22,23)24;/h1H,(H,22,23,24);/q;+1/p-1. The molecule has 0 aromatic heterocycles. The van der Waals surface area contributed by atoms with Crippen LogP contribution in [0.1, 0.15) is 0 Å². The molecule has 0 bridgehead atoms. The summed E-state index contributed by atoms with van der Waals surface area (Å²) in [6.45, 7) is 0. The fourth-order valence-electron chi connectivity index (χ4n) is 1.11. The molecule has 0 radical (unpaired) electrons. The van der Waals surface area contributed by atoms with Crippen LogP contribution in [0.3, 0.4) is 0 Å². The van der Waals surface area contributed by atoms with E-state index in [0.717, 1.165) is 0 Å². The van der Waals surface area contributed by atoms with E-state index in [-0.39, 0.29) is 29.6 Å². The molecule has 0 fully saturated rings. The summed E-state index contributed by atoms with van der Waals surface area (Å²) in [4.78, 5) is 0. The van der Waals surface area contributed by atoms with E-state index in [1.165, 1.54) is 0 Å². The van der Waals surface area contributed by atoms with E-state index in [9.17, 15) is 74.4 Å². The quantitative estimate of drug-likeness (QED) is 0.335. The molecule has 0 aromatic carbocycles. The molecule has 152 valence electrons. The van der Waals surface area contributed by atoms with Crippen molar-refractivity contribution in [3.63, 3.8) is 0 Å². The smallest absolute Gasteiger partial charge is 0.743 e.